The average molecular weight is 262 g/mol. The van der Waals surface area contributed by atoms with Crippen LogP contribution >= 0.6 is 11.3 Å². The molecule has 1 amide bonds. The van der Waals surface area contributed by atoms with E-state index >= 15 is 0 Å². The summed E-state index contributed by atoms with van der Waals surface area (Å²) in [6.07, 6.45) is 3.36. The summed E-state index contributed by atoms with van der Waals surface area (Å²) in [4.78, 5) is 12.7. The molecule has 18 heavy (non-hydrogen) atoms. The first kappa shape index (κ1) is 12.9. The molecule has 4 heteroatoms. The maximum Gasteiger partial charge on any atom is 0.261 e. The molecule has 0 unspecified atom stereocenters. The number of anilines is 1. The van der Waals surface area contributed by atoms with Gasteiger partial charge in [0, 0.05) is 16.9 Å². The highest BCUT2D eigenvalue weighted by atomic mass is 32.1. The van der Waals surface area contributed by atoms with E-state index in [0.29, 0.717) is 0 Å². The van der Waals surface area contributed by atoms with Gasteiger partial charge in [-0.15, -0.1) is 11.3 Å². The van der Waals surface area contributed by atoms with E-state index in [9.17, 15) is 4.79 Å². The lowest BCUT2D eigenvalue weighted by Gasteiger charge is -2.01. The molecule has 0 radical (unpaired) electrons. The fourth-order valence-electron chi connectivity index (χ4n) is 1.84. The molecular formula is C14H18N2OS. The first-order valence-electron chi connectivity index (χ1n) is 6.28. The minimum absolute atomic E-state index is 0.0193. The van der Waals surface area contributed by atoms with Gasteiger partial charge in [-0.05, 0) is 36.1 Å². The zero-order valence-electron chi connectivity index (χ0n) is 10.5. The van der Waals surface area contributed by atoms with Crippen molar-refractivity contribution in [3.8, 4) is 0 Å². The highest BCUT2D eigenvalue weighted by Crippen LogP contribution is 2.27. The van der Waals surface area contributed by atoms with Crippen LogP contribution < -0.4 is 11.1 Å². The second kappa shape index (κ2) is 5.87. The van der Waals surface area contributed by atoms with Crippen LogP contribution in [0.2, 0.25) is 0 Å². The monoisotopic (exact) mass is 262 g/mol. The van der Waals surface area contributed by atoms with Crippen LogP contribution in [0.25, 0.3) is 10.1 Å². The second-order valence-electron chi connectivity index (χ2n) is 4.37. The van der Waals surface area contributed by atoms with E-state index in [4.69, 9.17) is 5.73 Å². The van der Waals surface area contributed by atoms with Crippen LogP contribution in [0.5, 0.6) is 0 Å². The quantitative estimate of drug-likeness (QED) is 0.641. The standard InChI is InChI=1S/C14H18N2OS/c1-2-3-4-7-16-14(17)13-9-10-8-11(15)5-6-12(10)18-13/h5-6,8-9H,2-4,7,15H2,1H3,(H,16,17). The molecule has 0 saturated heterocycles. The molecule has 0 aliphatic rings. The number of rotatable bonds is 5. The number of nitrogen functional groups attached to an aromatic ring is 1. The van der Waals surface area contributed by atoms with Gasteiger partial charge in [-0.2, -0.15) is 0 Å². The molecule has 3 N–H and O–H groups in total. The largest absolute Gasteiger partial charge is 0.399 e. The molecule has 0 aliphatic heterocycles. The summed E-state index contributed by atoms with van der Waals surface area (Å²) >= 11 is 1.51. The van der Waals surface area contributed by atoms with Gasteiger partial charge >= 0.3 is 0 Å². The minimum atomic E-state index is 0.0193. The van der Waals surface area contributed by atoms with Gasteiger partial charge in [0.1, 0.15) is 0 Å². The smallest absolute Gasteiger partial charge is 0.261 e. The minimum Gasteiger partial charge on any atom is -0.399 e. The molecule has 3 nitrogen and oxygen atoms in total. The number of amides is 1. The molecule has 1 aromatic carbocycles. The van der Waals surface area contributed by atoms with Crippen molar-refractivity contribution in [1.29, 1.82) is 0 Å². The lowest BCUT2D eigenvalue weighted by Crippen LogP contribution is -2.23. The Morgan fingerprint density at radius 1 is 1.33 bits per heavy atom. The highest BCUT2D eigenvalue weighted by Gasteiger charge is 2.09. The SMILES string of the molecule is CCCCCNC(=O)c1cc2cc(N)ccc2s1. The molecule has 1 aromatic heterocycles. The van der Waals surface area contributed by atoms with Crippen molar-refractivity contribution in [2.45, 2.75) is 26.2 Å². The first-order chi connectivity index (χ1) is 8.70. The molecule has 2 aromatic rings. The lowest BCUT2D eigenvalue weighted by molar-refractivity contribution is 0.0957. The third-order valence-corrected chi connectivity index (χ3v) is 3.94. The summed E-state index contributed by atoms with van der Waals surface area (Å²) in [6, 6.07) is 7.64. The molecule has 2 rings (SSSR count). The maximum atomic E-state index is 11.9. The predicted octanol–water partition coefficient (Wildman–Crippen LogP) is 3.40. The lowest BCUT2D eigenvalue weighted by atomic mass is 10.2. The third-order valence-electron chi connectivity index (χ3n) is 2.83. The Morgan fingerprint density at radius 2 is 2.17 bits per heavy atom. The van der Waals surface area contributed by atoms with Gasteiger partial charge in [-0.1, -0.05) is 19.8 Å². The van der Waals surface area contributed by atoms with Gasteiger partial charge in [-0.25, -0.2) is 0 Å². The fraction of sp³-hybridized carbons (Fsp3) is 0.357. The second-order valence-corrected chi connectivity index (χ2v) is 5.45. The van der Waals surface area contributed by atoms with E-state index in [1.165, 1.54) is 11.3 Å². The van der Waals surface area contributed by atoms with Crippen molar-refractivity contribution in [3.63, 3.8) is 0 Å². The number of nitrogens with one attached hydrogen (secondary N) is 1. The molecule has 0 aliphatic carbocycles. The third kappa shape index (κ3) is 3.01. The van der Waals surface area contributed by atoms with Gasteiger partial charge in [-0.3, -0.25) is 4.79 Å². The number of carbonyl (C=O) groups is 1. The van der Waals surface area contributed by atoms with Crippen LogP contribution in [0.1, 0.15) is 35.9 Å². The number of nitrogens with two attached hydrogens (primary N) is 1. The van der Waals surface area contributed by atoms with E-state index < -0.39 is 0 Å². The van der Waals surface area contributed by atoms with Gasteiger partial charge in [0.05, 0.1) is 4.88 Å². The topological polar surface area (TPSA) is 55.1 Å². The number of hydrogen-bond acceptors (Lipinski definition) is 3. The van der Waals surface area contributed by atoms with Crippen molar-refractivity contribution in [2.24, 2.45) is 0 Å². The molecule has 1 heterocycles. The highest BCUT2D eigenvalue weighted by molar-refractivity contribution is 7.20. The predicted molar refractivity (Wildman–Crippen MR) is 78.1 cm³/mol. The Morgan fingerprint density at radius 3 is 2.94 bits per heavy atom. The molecule has 0 atom stereocenters. The Hall–Kier alpha value is -1.55. The summed E-state index contributed by atoms with van der Waals surface area (Å²) in [5.74, 6) is 0.0193. The van der Waals surface area contributed by atoms with E-state index in [1.807, 2.05) is 24.3 Å². The number of thiophene rings is 1. The summed E-state index contributed by atoms with van der Waals surface area (Å²) in [7, 11) is 0. The van der Waals surface area contributed by atoms with Crippen molar-refractivity contribution in [2.75, 3.05) is 12.3 Å². The van der Waals surface area contributed by atoms with E-state index in [1.54, 1.807) is 0 Å². The zero-order chi connectivity index (χ0) is 13.0. The Bertz CT molecular complexity index is 548. The van der Waals surface area contributed by atoms with Crippen LogP contribution in [0.4, 0.5) is 5.69 Å². The van der Waals surface area contributed by atoms with Crippen molar-refractivity contribution in [1.82, 2.24) is 5.32 Å². The van der Waals surface area contributed by atoms with Gasteiger partial charge in [0.15, 0.2) is 0 Å². The Labute approximate surface area is 111 Å². The van der Waals surface area contributed by atoms with Gasteiger partial charge in [0.25, 0.3) is 5.91 Å². The van der Waals surface area contributed by atoms with E-state index in [2.05, 4.69) is 12.2 Å². The summed E-state index contributed by atoms with van der Waals surface area (Å²) in [6.45, 7) is 2.90. The fourth-order valence-corrected chi connectivity index (χ4v) is 2.80. The van der Waals surface area contributed by atoms with Crippen LogP contribution in [-0.4, -0.2) is 12.5 Å². The molecule has 0 bridgehead atoms. The Balaban J connectivity index is 2.04. The number of benzene rings is 1. The number of hydrogen-bond donors (Lipinski definition) is 2. The van der Waals surface area contributed by atoms with Gasteiger partial charge in [0.2, 0.25) is 0 Å². The Kier molecular flexibility index (Phi) is 4.20. The van der Waals surface area contributed by atoms with Crippen molar-refractivity contribution < 1.29 is 4.79 Å². The van der Waals surface area contributed by atoms with Crippen LogP contribution in [0.3, 0.4) is 0 Å². The molecular weight excluding hydrogens is 244 g/mol. The summed E-state index contributed by atoms with van der Waals surface area (Å²) in [5.41, 5.74) is 6.46. The molecule has 0 spiro atoms. The van der Waals surface area contributed by atoms with Crippen LogP contribution in [0.15, 0.2) is 24.3 Å². The molecule has 0 saturated carbocycles. The van der Waals surface area contributed by atoms with E-state index in [0.717, 1.165) is 46.5 Å². The first-order valence-corrected chi connectivity index (χ1v) is 7.09. The van der Waals surface area contributed by atoms with Gasteiger partial charge < -0.3 is 11.1 Å². The number of fused-ring (bicyclic) bond motifs is 1. The molecule has 96 valence electrons. The normalized spacial score (nSPS) is 10.7. The number of carbonyl (C=O) groups excluding carboxylic acids is 1. The van der Waals surface area contributed by atoms with E-state index in [-0.39, 0.29) is 5.91 Å². The van der Waals surface area contributed by atoms with Crippen LogP contribution in [0, 0.1) is 0 Å². The van der Waals surface area contributed by atoms with Crippen molar-refractivity contribution >= 4 is 33.0 Å². The maximum absolute atomic E-state index is 11.9. The average Bonchev–Trinajstić information content (AvgIpc) is 2.77. The zero-order valence-corrected chi connectivity index (χ0v) is 11.3. The van der Waals surface area contributed by atoms with Crippen molar-refractivity contribution in [3.05, 3.63) is 29.1 Å². The molecule has 0 fully saturated rings. The number of unbranched alkanes of at least 4 members (excludes halogenated alkanes) is 2. The summed E-state index contributed by atoms with van der Waals surface area (Å²) < 4.78 is 1.10. The summed E-state index contributed by atoms with van der Waals surface area (Å²) in [5, 5.41) is 3.99. The van der Waals surface area contributed by atoms with Crippen LogP contribution in [-0.2, 0) is 0 Å².